The number of aryl methyl sites for hydroxylation is 1. The minimum Gasteiger partial charge on any atom is -0.495 e. The number of benzene rings is 2. The molecule has 0 aliphatic rings. The largest absolute Gasteiger partial charge is 0.495 e. The van der Waals surface area contributed by atoms with Gasteiger partial charge in [0.05, 0.1) is 29.6 Å². The van der Waals surface area contributed by atoms with Crippen LogP contribution in [-0.4, -0.2) is 25.3 Å². The Kier molecular flexibility index (Phi) is 5.12. The van der Waals surface area contributed by atoms with Crippen LogP contribution in [0.2, 0.25) is 0 Å². The maximum Gasteiger partial charge on any atom is 0.265 e. The van der Waals surface area contributed by atoms with E-state index in [4.69, 9.17) is 4.74 Å². The smallest absolute Gasteiger partial charge is 0.265 e. The third kappa shape index (κ3) is 3.90. The van der Waals surface area contributed by atoms with Crippen LogP contribution in [0.1, 0.15) is 5.56 Å². The van der Waals surface area contributed by atoms with E-state index in [0.717, 1.165) is 16.1 Å². The highest BCUT2D eigenvalue weighted by Gasteiger charge is 2.26. The highest BCUT2D eigenvalue weighted by atomic mass is 32.2. The molecule has 6 nitrogen and oxygen atoms in total. The Morgan fingerprint density at radius 3 is 2.55 bits per heavy atom. The van der Waals surface area contributed by atoms with Crippen molar-refractivity contribution >= 4 is 27.0 Å². The van der Waals surface area contributed by atoms with Gasteiger partial charge in [0.2, 0.25) is 0 Å². The molecule has 8 heteroatoms. The lowest BCUT2D eigenvalue weighted by Crippen LogP contribution is -2.14. The van der Waals surface area contributed by atoms with Gasteiger partial charge in [0.1, 0.15) is 16.3 Å². The first-order valence-corrected chi connectivity index (χ1v) is 11.2. The van der Waals surface area contributed by atoms with Crippen LogP contribution in [0.15, 0.2) is 77.1 Å². The predicted octanol–water partition coefficient (Wildman–Crippen LogP) is 4.72. The van der Waals surface area contributed by atoms with Gasteiger partial charge in [0.15, 0.2) is 0 Å². The van der Waals surface area contributed by atoms with Crippen molar-refractivity contribution in [2.75, 3.05) is 11.8 Å². The van der Waals surface area contributed by atoms with Crippen molar-refractivity contribution in [2.45, 2.75) is 11.8 Å². The van der Waals surface area contributed by atoms with E-state index in [-0.39, 0.29) is 4.90 Å². The predicted molar refractivity (Wildman–Crippen MR) is 115 cm³/mol. The zero-order chi connectivity index (χ0) is 20.4. The molecule has 0 saturated carbocycles. The zero-order valence-electron chi connectivity index (χ0n) is 15.9. The summed E-state index contributed by atoms with van der Waals surface area (Å²) in [6, 6.07) is 18.5. The van der Waals surface area contributed by atoms with Crippen LogP contribution < -0.4 is 9.46 Å². The molecule has 29 heavy (non-hydrogen) atoms. The third-order valence-corrected chi connectivity index (χ3v) is 6.59. The second-order valence-corrected chi connectivity index (χ2v) is 9.01. The molecule has 0 atom stereocenters. The lowest BCUT2D eigenvalue weighted by Gasteiger charge is -2.12. The Bertz CT molecular complexity index is 1230. The van der Waals surface area contributed by atoms with E-state index in [9.17, 15) is 8.42 Å². The summed E-state index contributed by atoms with van der Waals surface area (Å²) >= 11 is 1.44. The van der Waals surface area contributed by atoms with E-state index in [1.54, 1.807) is 16.8 Å². The second kappa shape index (κ2) is 7.73. The number of anilines is 1. The van der Waals surface area contributed by atoms with Crippen LogP contribution in [0.5, 0.6) is 5.75 Å². The molecule has 4 rings (SSSR count). The maximum atomic E-state index is 13.3. The van der Waals surface area contributed by atoms with Crippen molar-refractivity contribution in [1.82, 2.24) is 9.78 Å². The Morgan fingerprint density at radius 1 is 1.07 bits per heavy atom. The van der Waals surface area contributed by atoms with Crippen molar-refractivity contribution in [3.05, 3.63) is 77.8 Å². The highest BCUT2D eigenvalue weighted by molar-refractivity contribution is 7.92. The maximum absolute atomic E-state index is 13.3. The SMILES string of the molecule is COc1ccc(C)cc1NS(=O)(=O)c1cn(-c2ccccc2)nc1-c1cccs1. The van der Waals surface area contributed by atoms with Gasteiger partial charge >= 0.3 is 0 Å². The standard InChI is InChI=1S/C21H19N3O3S2/c1-15-10-11-18(27-2)17(13-15)23-29(25,26)20-14-24(16-7-4-3-5-8-16)22-21(20)19-9-6-12-28-19/h3-14,23H,1-2H3. The molecular formula is C21H19N3O3S2. The average molecular weight is 426 g/mol. The molecule has 0 aliphatic heterocycles. The van der Waals surface area contributed by atoms with E-state index in [1.165, 1.54) is 24.6 Å². The molecule has 2 aromatic carbocycles. The number of nitrogens with one attached hydrogen (secondary N) is 1. The molecule has 2 heterocycles. The number of rotatable bonds is 6. The van der Waals surface area contributed by atoms with Gasteiger partial charge in [-0.2, -0.15) is 5.10 Å². The molecule has 0 fully saturated rings. The van der Waals surface area contributed by atoms with Crippen LogP contribution in [0.25, 0.3) is 16.3 Å². The van der Waals surface area contributed by atoms with Gasteiger partial charge in [-0.05, 0) is 48.2 Å². The number of hydrogen-bond donors (Lipinski definition) is 1. The highest BCUT2D eigenvalue weighted by Crippen LogP contribution is 2.33. The van der Waals surface area contributed by atoms with Crippen LogP contribution in [0.4, 0.5) is 5.69 Å². The minimum absolute atomic E-state index is 0.104. The summed E-state index contributed by atoms with van der Waals surface area (Å²) in [5, 5.41) is 6.46. The molecule has 0 bridgehead atoms. The molecular weight excluding hydrogens is 406 g/mol. The molecule has 0 unspecified atom stereocenters. The summed E-state index contributed by atoms with van der Waals surface area (Å²) in [4.78, 5) is 0.878. The summed E-state index contributed by atoms with van der Waals surface area (Å²) < 4.78 is 36.2. The number of para-hydroxylation sites is 1. The van der Waals surface area contributed by atoms with Gasteiger partial charge in [-0.3, -0.25) is 4.72 Å². The van der Waals surface area contributed by atoms with Crippen LogP contribution in [0, 0.1) is 6.92 Å². The Hall–Kier alpha value is -3.10. The molecule has 148 valence electrons. The minimum atomic E-state index is -3.91. The quantitative estimate of drug-likeness (QED) is 0.485. The molecule has 0 amide bonds. The zero-order valence-corrected chi connectivity index (χ0v) is 17.5. The Balaban J connectivity index is 1.83. The van der Waals surface area contributed by atoms with Crippen molar-refractivity contribution in [3.8, 4) is 22.0 Å². The fourth-order valence-electron chi connectivity index (χ4n) is 2.95. The number of ether oxygens (including phenoxy) is 1. The fraction of sp³-hybridized carbons (Fsp3) is 0.0952. The van der Waals surface area contributed by atoms with E-state index in [0.29, 0.717) is 17.1 Å². The first kappa shape index (κ1) is 19.2. The van der Waals surface area contributed by atoms with E-state index >= 15 is 0 Å². The van der Waals surface area contributed by atoms with E-state index in [2.05, 4.69) is 9.82 Å². The number of hydrogen-bond acceptors (Lipinski definition) is 5. The number of nitrogens with zero attached hydrogens (tertiary/aromatic N) is 2. The summed E-state index contributed by atoms with van der Waals surface area (Å²) in [7, 11) is -2.41. The van der Waals surface area contributed by atoms with Crippen molar-refractivity contribution in [1.29, 1.82) is 0 Å². The van der Waals surface area contributed by atoms with Gasteiger partial charge in [0.25, 0.3) is 10.0 Å². The number of sulfonamides is 1. The molecule has 0 spiro atoms. The number of thiophene rings is 1. The Labute approximate surface area is 173 Å². The van der Waals surface area contributed by atoms with Gasteiger partial charge < -0.3 is 4.74 Å². The first-order chi connectivity index (χ1) is 14.0. The van der Waals surface area contributed by atoms with Crippen LogP contribution >= 0.6 is 11.3 Å². The second-order valence-electron chi connectivity index (χ2n) is 6.41. The van der Waals surface area contributed by atoms with Gasteiger partial charge in [0, 0.05) is 0 Å². The van der Waals surface area contributed by atoms with Crippen LogP contribution in [0.3, 0.4) is 0 Å². The molecule has 0 aliphatic carbocycles. The summed E-state index contributed by atoms with van der Waals surface area (Å²) in [6.07, 6.45) is 1.54. The molecule has 1 N–H and O–H groups in total. The topological polar surface area (TPSA) is 73.2 Å². The van der Waals surface area contributed by atoms with Gasteiger partial charge in [-0.1, -0.05) is 30.3 Å². The molecule has 2 aromatic heterocycles. The van der Waals surface area contributed by atoms with E-state index < -0.39 is 10.0 Å². The van der Waals surface area contributed by atoms with Crippen molar-refractivity contribution < 1.29 is 13.2 Å². The number of methoxy groups -OCH3 is 1. The molecule has 0 saturated heterocycles. The van der Waals surface area contributed by atoms with Crippen molar-refractivity contribution in [2.24, 2.45) is 0 Å². The summed E-state index contributed by atoms with van der Waals surface area (Å²) in [6.45, 7) is 1.89. The van der Waals surface area contributed by atoms with Gasteiger partial charge in [-0.15, -0.1) is 11.3 Å². The molecule has 4 aromatic rings. The monoisotopic (exact) mass is 425 g/mol. The molecule has 0 radical (unpaired) electrons. The lowest BCUT2D eigenvalue weighted by molar-refractivity contribution is 0.417. The van der Waals surface area contributed by atoms with E-state index in [1.807, 2.05) is 60.8 Å². The number of aromatic nitrogens is 2. The van der Waals surface area contributed by atoms with Crippen molar-refractivity contribution in [3.63, 3.8) is 0 Å². The lowest BCUT2D eigenvalue weighted by atomic mass is 10.2. The van der Waals surface area contributed by atoms with Gasteiger partial charge in [-0.25, -0.2) is 13.1 Å². The Morgan fingerprint density at radius 2 is 1.86 bits per heavy atom. The first-order valence-electron chi connectivity index (χ1n) is 8.84. The summed E-state index contributed by atoms with van der Waals surface area (Å²) in [5.74, 6) is 0.451. The summed E-state index contributed by atoms with van der Waals surface area (Å²) in [5.41, 5.74) is 2.49. The third-order valence-electron chi connectivity index (χ3n) is 4.34. The normalized spacial score (nSPS) is 11.4. The fourth-order valence-corrected chi connectivity index (χ4v) is 4.94. The average Bonchev–Trinajstić information content (AvgIpc) is 3.39. The van der Waals surface area contributed by atoms with Crippen LogP contribution in [-0.2, 0) is 10.0 Å².